The molecule has 290 valence electrons. The van der Waals surface area contributed by atoms with Crippen molar-refractivity contribution >= 4 is 302 Å². The van der Waals surface area contributed by atoms with Gasteiger partial charge in [0.15, 0.2) is 0 Å². The van der Waals surface area contributed by atoms with Gasteiger partial charge in [0.1, 0.15) is 5.54 Å². The van der Waals surface area contributed by atoms with Crippen molar-refractivity contribution in [3.63, 3.8) is 0 Å². The van der Waals surface area contributed by atoms with Gasteiger partial charge in [0.25, 0.3) is 0 Å². The van der Waals surface area contributed by atoms with E-state index in [-0.39, 0.29) is 5.91 Å². The number of benzene rings is 19. The SMILES string of the molecule is CC(=O)N1c2ccccc2C23c4c5c6c7c8c9c(c%10c%11c2c2c4c4c%12c5c5c6c6c8c8c%13c9c9c%10c%10c%11c%11c2c2c4c4c%12c%12c5c5c6c8c6c8c%13c9c9c%10c%10c%11c2c2c4c4c%12c5c6c5c8c9c%10c2c45)C713. The van der Waals surface area contributed by atoms with Gasteiger partial charge < -0.3 is 0 Å². The molecule has 0 radical (unpaired) electrons. The van der Waals surface area contributed by atoms with Crippen molar-refractivity contribution in [3.8, 4) is 0 Å². The summed E-state index contributed by atoms with van der Waals surface area (Å²) in [6.45, 7) is 1.93. The average Bonchev–Trinajstić information content (AvgIpc) is 4.31. The Balaban J connectivity index is 1.22. The van der Waals surface area contributed by atoms with Crippen LogP contribution in [-0.4, -0.2) is 5.91 Å². The minimum absolute atomic E-state index is 0.182. The first-order valence-corrected chi connectivity index (χ1v) is 26.0. The molecule has 34 rings (SSSR count). The van der Waals surface area contributed by atoms with Gasteiger partial charge in [-0.05, 0) is 314 Å². The number of carbonyl (C=O) groups is 1. The first-order valence-electron chi connectivity index (χ1n) is 26.0. The molecule has 2 nitrogen and oxygen atoms in total. The Labute approximate surface area is 380 Å². The summed E-state index contributed by atoms with van der Waals surface area (Å²) in [5.41, 5.74) is 7.32. The first-order chi connectivity index (χ1) is 34.8. The van der Waals surface area contributed by atoms with Crippen LogP contribution in [0.25, 0.3) is 291 Å². The van der Waals surface area contributed by atoms with E-state index in [1.165, 1.54) is 38.2 Å². The summed E-state index contributed by atoms with van der Waals surface area (Å²) in [6.07, 6.45) is 0. The predicted octanol–water partition coefficient (Wildman–Crippen LogP) is 17.7. The maximum Gasteiger partial charge on any atom is 0.224 e. The van der Waals surface area contributed by atoms with Gasteiger partial charge in [0, 0.05) is 23.7 Å². The van der Waals surface area contributed by atoms with Crippen LogP contribution in [0.2, 0.25) is 0 Å². The normalized spacial score (nSPS) is 22.2. The lowest BCUT2D eigenvalue weighted by Gasteiger charge is -2.53. The summed E-state index contributed by atoms with van der Waals surface area (Å²) in [4.78, 5) is 18.4. The second kappa shape index (κ2) is 5.64. The van der Waals surface area contributed by atoms with Crippen LogP contribution >= 0.6 is 0 Å². The molecular formula is C68H7NO. The molecule has 0 saturated carbocycles. The molecule has 0 bridgehead atoms. The van der Waals surface area contributed by atoms with Gasteiger partial charge in [-0.15, -0.1) is 0 Å². The summed E-state index contributed by atoms with van der Waals surface area (Å²) in [5.74, 6) is 0.182. The molecule has 1 aliphatic heterocycles. The van der Waals surface area contributed by atoms with Crippen molar-refractivity contribution in [1.82, 2.24) is 0 Å². The van der Waals surface area contributed by atoms with E-state index >= 15 is 4.79 Å². The largest absolute Gasteiger partial charge is 0.296 e. The monoisotopic (exact) mass is 853 g/mol. The third-order valence-corrected chi connectivity index (χ3v) is 25.5. The zero-order chi connectivity index (χ0) is 41.6. The average molecular weight is 854 g/mol. The van der Waals surface area contributed by atoms with Crippen LogP contribution in [-0.2, 0) is 15.7 Å². The molecule has 0 N–H and O–H groups in total. The van der Waals surface area contributed by atoms with Crippen LogP contribution in [0.5, 0.6) is 0 Å². The summed E-state index contributed by atoms with van der Waals surface area (Å²) in [7, 11) is 0. The molecule has 5 aliphatic rings. The van der Waals surface area contributed by atoms with Gasteiger partial charge in [-0.1, -0.05) is 18.2 Å². The van der Waals surface area contributed by atoms with Gasteiger partial charge >= 0.3 is 0 Å². The van der Waals surface area contributed by atoms with Crippen LogP contribution in [0.3, 0.4) is 0 Å². The number of hydrogen-bond donors (Lipinski definition) is 0. The second-order valence-electron chi connectivity index (χ2n) is 25.6. The van der Waals surface area contributed by atoms with Gasteiger partial charge in [-0.25, -0.2) is 0 Å². The minimum Gasteiger partial charge on any atom is -0.296 e. The molecule has 4 aliphatic carbocycles. The highest BCUT2D eigenvalue weighted by Gasteiger charge is 2.76. The third kappa shape index (κ3) is 1.28. The molecule has 0 unspecified atom stereocenters. The Kier molecular flexibility index (Phi) is 2.05. The molecule has 2 spiro atoms. The lowest BCUT2D eigenvalue weighted by molar-refractivity contribution is -0.117. The Hall–Kier alpha value is -8.85. The molecule has 2 heteroatoms. The number of nitrogens with zero attached hydrogens (tertiary/aromatic N) is 1. The molecule has 1 amide bonds. The van der Waals surface area contributed by atoms with Gasteiger partial charge in [-0.2, -0.15) is 0 Å². The topological polar surface area (TPSA) is 20.3 Å². The van der Waals surface area contributed by atoms with Crippen molar-refractivity contribution in [1.29, 1.82) is 0 Å². The summed E-state index contributed by atoms with van der Waals surface area (Å²) in [5, 5.41) is 85.9. The summed E-state index contributed by atoms with van der Waals surface area (Å²) in [6, 6.07) is 9.46. The van der Waals surface area contributed by atoms with Gasteiger partial charge in [0.05, 0.1) is 5.41 Å². The summed E-state index contributed by atoms with van der Waals surface area (Å²) < 4.78 is 0. The Morgan fingerprint density at radius 1 is 0.271 bits per heavy atom. The third-order valence-electron chi connectivity index (χ3n) is 25.5. The molecule has 0 atom stereocenters. The van der Waals surface area contributed by atoms with Crippen LogP contribution in [0, 0.1) is 0 Å². The van der Waals surface area contributed by atoms with Crippen LogP contribution in [0.15, 0.2) is 24.3 Å². The van der Waals surface area contributed by atoms with E-state index in [4.69, 9.17) is 0 Å². The molecular weight excluding hydrogens is 847 g/mol. The van der Waals surface area contributed by atoms with E-state index in [0.717, 1.165) is 5.69 Å². The number of rotatable bonds is 0. The molecule has 70 heavy (non-hydrogen) atoms. The van der Waals surface area contributed by atoms with Crippen molar-refractivity contribution in [2.45, 2.75) is 17.9 Å². The Bertz CT molecular complexity index is 7290. The van der Waals surface area contributed by atoms with E-state index in [0.29, 0.717) is 0 Å². The number of amides is 1. The fourth-order valence-corrected chi connectivity index (χ4v) is 25.6. The fraction of sp³-hybridized carbons (Fsp3) is 0.0441. The zero-order valence-corrected chi connectivity index (χ0v) is 35.7. The van der Waals surface area contributed by atoms with E-state index in [2.05, 4.69) is 29.2 Å². The van der Waals surface area contributed by atoms with Gasteiger partial charge in [-0.3, -0.25) is 9.69 Å². The van der Waals surface area contributed by atoms with Crippen molar-refractivity contribution in [2.75, 3.05) is 4.90 Å². The van der Waals surface area contributed by atoms with Crippen molar-refractivity contribution < 1.29 is 4.79 Å². The maximum absolute atomic E-state index is 15.9. The number of hydrogen-bond acceptors (Lipinski definition) is 1. The van der Waals surface area contributed by atoms with Crippen molar-refractivity contribution in [2.24, 2.45) is 0 Å². The highest BCUT2D eigenvalue weighted by Crippen LogP contribution is 2.87. The molecule has 0 saturated heterocycles. The zero-order valence-electron chi connectivity index (χ0n) is 35.7. The standard InChI is InChI=1S/C68H7NO/c1-6(70)69-8-5-3-2-4-7(8)67-63-55-47-37-27-19-11-9-10-13-17-15(11)23-31-25(17)35-29-21(13)22-14(10)18-16-12(9)20(19)28-34-24(16)32-26(18)36-30(22)40-39(29)51-45(35)53-43(31)49(41(47)33(23)27)57(63)59(53)65-61(51)62-52(40)46(36)54-44(32)50-42(34)48(38(28)37)56(55)64(67)58(50)60(54)66(62)68(65,67)69/h2-5H,1H3. The lowest BCUT2D eigenvalue weighted by atomic mass is 9.52. The van der Waals surface area contributed by atoms with E-state index in [1.54, 1.807) is 280 Å². The number of para-hydroxylation sites is 1. The van der Waals surface area contributed by atoms with Crippen LogP contribution in [0.4, 0.5) is 5.69 Å². The fourth-order valence-electron chi connectivity index (χ4n) is 25.6. The highest BCUT2D eigenvalue weighted by molar-refractivity contribution is 6.82. The summed E-state index contributed by atoms with van der Waals surface area (Å²) >= 11 is 0. The van der Waals surface area contributed by atoms with Crippen LogP contribution < -0.4 is 4.90 Å². The lowest BCUT2D eigenvalue weighted by Crippen LogP contribution is -2.59. The molecule has 0 aromatic heterocycles. The Morgan fingerprint density at radius 2 is 0.457 bits per heavy atom. The number of fused-ring (bicyclic) bond motifs is 1. The highest BCUT2D eigenvalue weighted by atomic mass is 16.2. The van der Waals surface area contributed by atoms with E-state index in [1.807, 2.05) is 6.92 Å². The number of carbonyl (C=O) groups excluding carboxylic acids is 1. The second-order valence-corrected chi connectivity index (χ2v) is 25.6. The minimum atomic E-state index is -0.770. The van der Waals surface area contributed by atoms with Crippen molar-refractivity contribution in [3.05, 3.63) is 52.1 Å². The predicted molar refractivity (Wildman–Crippen MR) is 293 cm³/mol. The maximum atomic E-state index is 15.9. The molecule has 29 aromatic carbocycles. The molecule has 29 aromatic rings. The van der Waals surface area contributed by atoms with Gasteiger partial charge in [0.2, 0.25) is 5.91 Å². The van der Waals surface area contributed by atoms with E-state index in [9.17, 15) is 0 Å². The quantitative estimate of drug-likeness (QED) is 0.139. The Morgan fingerprint density at radius 3 is 0.671 bits per heavy atom. The number of anilines is 1. The molecule has 1 heterocycles. The first kappa shape index (κ1) is 25.5. The van der Waals surface area contributed by atoms with Crippen LogP contribution in [0.1, 0.15) is 34.7 Å². The molecule has 0 fully saturated rings. The smallest absolute Gasteiger partial charge is 0.224 e. The van der Waals surface area contributed by atoms with E-state index < -0.39 is 11.0 Å².